The minimum atomic E-state index is -0.108. The molecule has 0 radical (unpaired) electrons. The van der Waals surface area contributed by atoms with Gasteiger partial charge in [0.1, 0.15) is 5.69 Å². The van der Waals surface area contributed by atoms with Crippen LogP contribution >= 0.6 is 0 Å². The van der Waals surface area contributed by atoms with Crippen LogP contribution in [0.25, 0.3) is 0 Å². The Morgan fingerprint density at radius 2 is 2.35 bits per heavy atom. The van der Waals surface area contributed by atoms with E-state index in [-0.39, 0.29) is 11.4 Å². The molecule has 1 aromatic heterocycles. The second kappa shape index (κ2) is 4.53. The van der Waals surface area contributed by atoms with E-state index >= 15 is 0 Å². The van der Waals surface area contributed by atoms with Crippen molar-refractivity contribution in [2.45, 2.75) is 38.8 Å². The van der Waals surface area contributed by atoms with E-state index < -0.39 is 0 Å². The normalized spacial score (nSPS) is 24.2. The van der Waals surface area contributed by atoms with Gasteiger partial charge in [-0.3, -0.25) is 4.79 Å². The van der Waals surface area contributed by atoms with Crippen molar-refractivity contribution < 1.29 is 4.79 Å². The van der Waals surface area contributed by atoms with Gasteiger partial charge in [0.25, 0.3) is 5.91 Å². The van der Waals surface area contributed by atoms with Gasteiger partial charge in [0.2, 0.25) is 0 Å². The number of rotatable bonds is 3. The highest BCUT2D eigenvalue weighted by molar-refractivity contribution is 5.93. The van der Waals surface area contributed by atoms with E-state index in [0.29, 0.717) is 6.04 Å². The van der Waals surface area contributed by atoms with Gasteiger partial charge < -0.3 is 15.2 Å². The van der Waals surface area contributed by atoms with E-state index in [0.717, 1.165) is 25.2 Å². The molecule has 0 spiro atoms. The Labute approximate surface area is 102 Å². The quantitative estimate of drug-likeness (QED) is 0.835. The lowest BCUT2D eigenvalue weighted by Gasteiger charge is -2.25. The van der Waals surface area contributed by atoms with Crippen LogP contribution in [0.2, 0.25) is 0 Å². The molecule has 1 aliphatic rings. The molecule has 1 aromatic rings. The molecule has 2 rings (SSSR count). The molecule has 2 heterocycles. The van der Waals surface area contributed by atoms with Crippen LogP contribution in [0.3, 0.4) is 0 Å². The third-order valence-corrected chi connectivity index (χ3v) is 3.35. The topological polar surface area (TPSA) is 46.1 Å². The molecule has 1 amide bonds. The fraction of sp³-hybridized carbons (Fsp3) is 0.615. The second-order valence-corrected chi connectivity index (χ2v) is 5.34. The average Bonchev–Trinajstić information content (AvgIpc) is 2.85. The summed E-state index contributed by atoms with van der Waals surface area (Å²) < 4.78 is 2.00. The molecule has 94 valence electrons. The third-order valence-electron chi connectivity index (χ3n) is 3.35. The molecular weight excluding hydrogens is 214 g/mol. The van der Waals surface area contributed by atoms with Crippen molar-refractivity contribution in [3.63, 3.8) is 0 Å². The van der Waals surface area contributed by atoms with Gasteiger partial charge in [-0.15, -0.1) is 0 Å². The van der Waals surface area contributed by atoms with E-state index in [9.17, 15) is 4.79 Å². The number of carbonyl (C=O) groups is 1. The summed E-state index contributed by atoms with van der Waals surface area (Å²) in [5.74, 6) is 0.0231. The summed E-state index contributed by atoms with van der Waals surface area (Å²) >= 11 is 0. The number of hydrogen-bond donors (Lipinski definition) is 2. The highest BCUT2D eigenvalue weighted by Gasteiger charge is 2.31. The van der Waals surface area contributed by atoms with Crippen LogP contribution in [0.4, 0.5) is 0 Å². The largest absolute Gasteiger partial charge is 0.344 e. The Morgan fingerprint density at radius 3 is 2.94 bits per heavy atom. The minimum absolute atomic E-state index is 0.0231. The first kappa shape index (κ1) is 12.2. The molecule has 1 unspecified atom stereocenters. The summed E-state index contributed by atoms with van der Waals surface area (Å²) in [7, 11) is 0. The van der Waals surface area contributed by atoms with Crippen molar-refractivity contribution in [2.24, 2.45) is 0 Å². The molecule has 0 aromatic carbocycles. The molecule has 1 atom stereocenters. The van der Waals surface area contributed by atoms with E-state index in [2.05, 4.69) is 31.4 Å². The standard InChI is InChI=1S/C13H21N3O/c1-10(2)16-8-4-5-11(16)12(17)15-13(3)6-7-14-9-13/h4-5,8,10,14H,6-7,9H2,1-3H3,(H,15,17). The number of aromatic nitrogens is 1. The molecule has 0 saturated carbocycles. The minimum Gasteiger partial charge on any atom is -0.344 e. The molecule has 0 bridgehead atoms. The number of hydrogen-bond acceptors (Lipinski definition) is 2. The fourth-order valence-corrected chi connectivity index (χ4v) is 2.30. The summed E-state index contributed by atoms with van der Waals surface area (Å²) in [5.41, 5.74) is 0.636. The molecule has 1 aliphatic heterocycles. The molecule has 4 nitrogen and oxygen atoms in total. The fourth-order valence-electron chi connectivity index (χ4n) is 2.30. The Bertz CT molecular complexity index is 403. The molecule has 2 N–H and O–H groups in total. The maximum absolute atomic E-state index is 12.2. The Balaban J connectivity index is 2.12. The van der Waals surface area contributed by atoms with E-state index in [4.69, 9.17) is 0 Å². The van der Waals surface area contributed by atoms with E-state index in [1.807, 2.05) is 22.9 Å². The maximum atomic E-state index is 12.2. The van der Waals surface area contributed by atoms with E-state index in [1.54, 1.807) is 0 Å². The van der Waals surface area contributed by atoms with Gasteiger partial charge in [-0.25, -0.2) is 0 Å². The van der Waals surface area contributed by atoms with Gasteiger partial charge in [0.15, 0.2) is 0 Å². The molecule has 17 heavy (non-hydrogen) atoms. The smallest absolute Gasteiger partial charge is 0.268 e. The first-order valence-electron chi connectivity index (χ1n) is 6.22. The predicted octanol–water partition coefficient (Wildman–Crippen LogP) is 1.55. The third kappa shape index (κ3) is 2.52. The highest BCUT2D eigenvalue weighted by Crippen LogP contribution is 2.16. The van der Waals surface area contributed by atoms with Crippen molar-refractivity contribution in [3.05, 3.63) is 24.0 Å². The summed E-state index contributed by atoms with van der Waals surface area (Å²) in [6.07, 6.45) is 2.94. The van der Waals surface area contributed by atoms with Crippen LogP contribution in [-0.2, 0) is 0 Å². The summed E-state index contributed by atoms with van der Waals surface area (Å²) in [6, 6.07) is 4.10. The lowest BCUT2D eigenvalue weighted by Crippen LogP contribution is -2.48. The summed E-state index contributed by atoms with van der Waals surface area (Å²) in [5, 5.41) is 6.41. The Kier molecular flexibility index (Phi) is 3.24. The zero-order valence-corrected chi connectivity index (χ0v) is 10.8. The van der Waals surface area contributed by atoms with Crippen LogP contribution in [0.1, 0.15) is 43.7 Å². The van der Waals surface area contributed by atoms with Crippen molar-refractivity contribution in [1.82, 2.24) is 15.2 Å². The molecule has 4 heteroatoms. The van der Waals surface area contributed by atoms with Gasteiger partial charge in [0, 0.05) is 18.8 Å². The lowest BCUT2D eigenvalue weighted by molar-refractivity contribution is 0.0902. The SMILES string of the molecule is CC(C)n1cccc1C(=O)NC1(C)CCNC1. The Hall–Kier alpha value is -1.29. The monoisotopic (exact) mass is 235 g/mol. The van der Waals surface area contributed by atoms with E-state index in [1.165, 1.54) is 0 Å². The molecular formula is C13H21N3O. The zero-order valence-electron chi connectivity index (χ0n) is 10.8. The molecule has 0 aliphatic carbocycles. The van der Waals surface area contributed by atoms with Crippen LogP contribution < -0.4 is 10.6 Å². The molecule has 1 saturated heterocycles. The van der Waals surface area contributed by atoms with Crippen molar-refractivity contribution >= 4 is 5.91 Å². The highest BCUT2D eigenvalue weighted by atomic mass is 16.2. The van der Waals surface area contributed by atoms with Crippen molar-refractivity contribution in [3.8, 4) is 0 Å². The van der Waals surface area contributed by atoms with Gasteiger partial charge in [0.05, 0.1) is 5.54 Å². The van der Waals surface area contributed by atoms with Crippen molar-refractivity contribution in [1.29, 1.82) is 0 Å². The number of carbonyl (C=O) groups excluding carboxylic acids is 1. The predicted molar refractivity (Wildman–Crippen MR) is 68.2 cm³/mol. The van der Waals surface area contributed by atoms with Gasteiger partial charge in [-0.1, -0.05) is 0 Å². The number of nitrogens with zero attached hydrogens (tertiary/aromatic N) is 1. The maximum Gasteiger partial charge on any atom is 0.268 e. The zero-order chi connectivity index (χ0) is 12.5. The Morgan fingerprint density at radius 1 is 1.59 bits per heavy atom. The summed E-state index contributed by atoms with van der Waals surface area (Å²) in [6.45, 7) is 8.07. The average molecular weight is 235 g/mol. The van der Waals surface area contributed by atoms with Gasteiger partial charge in [-0.2, -0.15) is 0 Å². The van der Waals surface area contributed by atoms with Crippen molar-refractivity contribution in [2.75, 3.05) is 13.1 Å². The van der Waals surface area contributed by atoms with Crippen LogP contribution in [0, 0.1) is 0 Å². The van der Waals surface area contributed by atoms with Gasteiger partial charge in [-0.05, 0) is 45.9 Å². The number of nitrogens with one attached hydrogen (secondary N) is 2. The van der Waals surface area contributed by atoms with Crippen LogP contribution in [0.5, 0.6) is 0 Å². The van der Waals surface area contributed by atoms with Crippen LogP contribution in [-0.4, -0.2) is 29.1 Å². The van der Waals surface area contributed by atoms with Crippen LogP contribution in [0.15, 0.2) is 18.3 Å². The second-order valence-electron chi connectivity index (χ2n) is 5.34. The lowest BCUT2D eigenvalue weighted by atomic mass is 10.0. The number of amides is 1. The summed E-state index contributed by atoms with van der Waals surface area (Å²) in [4.78, 5) is 12.2. The van der Waals surface area contributed by atoms with Gasteiger partial charge >= 0.3 is 0 Å². The first-order chi connectivity index (χ1) is 8.02. The first-order valence-corrected chi connectivity index (χ1v) is 6.22. The molecule has 1 fully saturated rings.